The molecule has 0 aliphatic carbocycles. The van der Waals surface area contributed by atoms with Crippen molar-refractivity contribution in [3.05, 3.63) is 35.8 Å². The van der Waals surface area contributed by atoms with Gasteiger partial charge in [-0.2, -0.15) is 10.2 Å². The van der Waals surface area contributed by atoms with Crippen LogP contribution in [0.3, 0.4) is 0 Å². The second kappa shape index (κ2) is 6.26. The summed E-state index contributed by atoms with van der Waals surface area (Å²) in [5.41, 5.74) is 2.12. The predicted octanol–water partition coefficient (Wildman–Crippen LogP) is 1.51. The van der Waals surface area contributed by atoms with Gasteiger partial charge >= 0.3 is 0 Å². The number of nitrogens with zero attached hydrogens (tertiary/aromatic N) is 4. The second-order valence-corrected chi connectivity index (χ2v) is 4.33. The minimum absolute atomic E-state index is 0.758. The summed E-state index contributed by atoms with van der Waals surface area (Å²) in [4.78, 5) is 0. The van der Waals surface area contributed by atoms with Crippen LogP contribution in [-0.2, 0) is 6.42 Å². The third-order valence-electron chi connectivity index (χ3n) is 2.67. The highest BCUT2D eigenvalue weighted by Crippen LogP contribution is 2.05. The Bertz CT molecular complexity index is 474. The van der Waals surface area contributed by atoms with Crippen LogP contribution in [0.1, 0.15) is 24.6 Å². The summed E-state index contributed by atoms with van der Waals surface area (Å²) in [6, 6.07) is 3.86. The van der Waals surface area contributed by atoms with Crippen molar-refractivity contribution in [1.29, 1.82) is 0 Å². The molecule has 0 bridgehead atoms. The summed E-state index contributed by atoms with van der Waals surface area (Å²) in [6.45, 7) is 6.14. The topological polar surface area (TPSA) is 55.6 Å². The van der Waals surface area contributed by atoms with Gasteiger partial charge in [0.2, 0.25) is 0 Å². The van der Waals surface area contributed by atoms with Gasteiger partial charge in [0, 0.05) is 6.20 Å². The molecule has 5 heteroatoms. The molecule has 0 spiro atoms. The average Bonchev–Trinajstić information content (AvgIpc) is 2.84. The molecular formula is C13H19N5. The fourth-order valence-corrected chi connectivity index (χ4v) is 1.66. The van der Waals surface area contributed by atoms with Crippen LogP contribution in [0.15, 0.2) is 24.5 Å². The van der Waals surface area contributed by atoms with E-state index >= 15 is 0 Å². The van der Waals surface area contributed by atoms with Crippen molar-refractivity contribution >= 4 is 0 Å². The quantitative estimate of drug-likeness (QED) is 0.784. The van der Waals surface area contributed by atoms with Crippen LogP contribution < -0.4 is 5.32 Å². The zero-order valence-corrected chi connectivity index (χ0v) is 10.9. The molecule has 0 unspecified atom stereocenters. The first-order valence-electron chi connectivity index (χ1n) is 6.34. The van der Waals surface area contributed by atoms with Crippen molar-refractivity contribution in [3.63, 3.8) is 0 Å². The molecule has 0 aliphatic rings. The van der Waals surface area contributed by atoms with E-state index < -0.39 is 0 Å². The number of aromatic nitrogens is 4. The molecule has 0 atom stereocenters. The molecule has 2 heterocycles. The van der Waals surface area contributed by atoms with E-state index in [0.29, 0.717) is 0 Å². The Kier molecular flexibility index (Phi) is 4.41. The molecule has 5 nitrogen and oxygen atoms in total. The van der Waals surface area contributed by atoms with Crippen LogP contribution in [0, 0.1) is 6.92 Å². The van der Waals surface area contributed by atoms with Crippen LogP contribution in [-0.4, -0.2) is 33.1 Å². The van der Waals surface area contributed by atoms with Gasteiger partial charge in [-0.25, -0.2) is 4.68 Å². The van der Waals surface area contributed by atoms with Gasteiger partial charge in [-0.05, 0) is 50.6 Å². The Hall–Kier alpha value is -1.75. The molecule has 0 radical (unpaired) electrons. The molecule has 2 aromatic rings. The normalized spacial score (nSPS) is 10.8. The standard InChI is InChI=1S/C13H19N5/c1-3-7-14-8-6-12-9-15-18(10-12)13-5-4-11(2)16-17-13/h4-5,9-10,14H,3,6-8H2,1-2H3. The Labute approximate surface area is 107 Å². The number of hydrogen-bond donors (Lipinski definition) is 1. The Morgan fingerprint density at radius 2 is 2.11 bits per heavy atom. The smallest absolute Gasteiger partial charge is 0.175 e. The summed E-state index contributed by atoms with van der Waals surface area (Å²) >= 11 is 0. The van der Waals surface area contributed by atoms with Crippen molar-refractivity contribution < 1.29 is 0 Å². The van der Waals surface area contributed by atoms with Gasteiger partial charge in [0.15, 0.2) is 5.82 Å². The number of aryl methyl sites for hydroxylation is 1. The lowest BCUT2D eigenvalue weighted by Crippen LogP contribution is -2.17. The number of rotatable bonds is 6. The van der Waals surface area contributed by atoms with E-state index in [9.17, 15) is 0 Å². The van der Waals surface area contributed by atoms with Gasteiger partial charge in [-0.3, -0.25) is 0 Å². The largest absolute Gasteiger partial charge is 0.316 e. The van der Waals surface area contributed by atoms with Crippen LogP contribution in [0.4, 0.5) is 0 Å². The molecule has 0 fully saturated rings. The van der Waals surface area contributed by atoms with Gasteiger partial charge < -0.3 is 5.32 Å². The molecule has 0 amide bonds. The first kappa shape index (κ1) is 12.7. The zero-order valence-electron chi connectivity index (χ0n) is 10.9. The second-order valence-electron chi connectivity index (χ2n) is 4.33. The molecule has 0 saturated heterocycles. The van der Waals surface area contributed by atoms with E-state index in [-0.39, 0.29) is 0 Å². The van der Waals surface area contributed by atoms with Gasteiger partial charge in [0.25, 0.3) is 0 Å². The van der Waals surface area contributed by atoms with E-state index in [4.69, 9.17) is 0 Å². The maximum atomic E-state index is 4.30. The van der Waals surface area contributed by atoms with Crippen LogP contribution >= 0.6 is 0 Å². The molecule has 0 aromatic carbocycles. The Morgan fingerprint density at radius 1 is 1.22 bits per heavy atom. The van der Waals surface area contributed by atoms with Gasteiger partial charge in [0.1, 0.15) is 0 Å². The molecule has 18 heavy (non-hydrogen) atoms. The van der Waals surface area contributed by atoms with E-state index in [0.717, 1.165) is 37.4 Å². The summed E-state index contributed by atoms with van der Waals surface area (Å²) in [5.74, 6) is 0.758. The number of nitrogens with one attached hydrogen (secondary N) is 1. The minimum atomic E-state index is 0.758. The third kappa shape index (κ3) is 3.37. The maximum Gasteiger partial charge on any atom is 0.175 e. The fourth-order valence-electron chi connectivity index (χ4n) is 1.66. The molecule has 2 rings (SSSR count). The van der Waals surface area contributed by atoms with Crippen molar-refractivity contribution in [2.45, 2.75) is 26.7 Å². The van der Waals surface area contributed by atoms with Crippen molar-refractivity contribution in [2.75, 3.05) is 13.1 Å². The minimum Gasteiger partial charge on any atom is -0.316 e. The van der Waals surface area contributed by atoms with E-state index in [2.05, 4.69) is 27.5 Å². The lowest BCUT2D eigenvalue weighted by molar-refractivity contribution is 0.671. The third-order valence-corrected chi connectivity index (χ3v) is 2.67. The van der Waals surface area contributed by atoms with Crippen LogP contribution in [0.5, 0.6) is 0 Å². The average molecular weight is 245 g/mol. The summed E-state index contributed by atoms with van der Waals surface area (Å²) < 4.78 is 1.77. The highest BCUT2D eigenvalue weighted by Gasteiger charge is 2.02. The monoisotopic (exact) mass is 245 g/mol. The highest BCUT2D eigenvalue weighted by molar-refractivity contribution is 5.22. The van der Waals surface area contributed by atoms with E-state index in [1.165, 1.54) is 5.56 Å². The van der Waals surface area contributed by atoms with E-state index in [1.54, 1.807) is 4.68 Å². The molecule has 0 saturated carbocycles. The lowest BCUT2D eigenvalue weighted by Gasteiger charge is -2.00. The van der Waals surface area contributed by atoms with Crippen LogP contribution in [0.25, 0.3) is 5.82 Å². The predicted molar refractivity (Wildman–Crippen MR) is 70.8 cm³/mol. The summed E-state index contributed by atoms with van der Waals surface area (Å²) in [6.07, 6.45) is 6.04. The van der Waals surface area contributed by atoms with Gasteiger partial charge in [-0.15, -0.1) is 5.10 Å². The molecule has 96 valence electrons. The molecular weight excluding hydrogens is 226 g/mol. The zero-order chi connectivity index (χ0) is 12.8. The first-order valence-corrected chi connectivity index (χ1v) is 6.34. The van der Waals surface area contributed by atoms with Crippen molar-refractivity contribution in [1.82, 2.24) is 25.3 Å². The van der Waals surface area contributed by atoms with Gasteiger partial charge in [0.05, 0.1) is 11.9 Å². The van der Waals surface area contributed by atoms with E-state index in [1.807, 2.05) is 31.5 Å². The van der Waals surface area contributed by atoms with Crippen molar-refractivity contribution in [3.8, 4) is 5.82 Å². The lowest BCUT2D eigenvalue weighted by atomic mass is 10.2. The first-order chi connectivity index (χ1) is 8.79. The van der Waals surface area contributed by atoms with Crippen molar-refractivity contribution in [2.24, 2.45) is 0 Å². The van der Waals surface area contributed by atoms with Gasteiger partial charge in [-0.1, -0.05) is 6.92 Å². The van der Waals surface area contributed by atoms with Crippen LogP contribution in [0.2, 0.25) is 0 Å². The summed E-state index contributed by atoms with van der Waals surface area (Å²) in [5, 5.41) is 15.8. The molecule has 2 aromatic heterocycles. The Balaban J connectivity index is 1.95. The fraction of sp³-hybridized carbons (Fsp3) is 0.462. The molecule has 0 aliphatic heterocycles. The highest BCUT2D eigenvalue weighted by atomic mass is 15.3. The summed E-state index contributed by atoms with van der Waals surface area (Å²) in [7, 11) is 0. The Morgan fingerprint density at radius 3 is 2.83 bits per heavy atom. The maximum absolute atomic E-state index is 4.30. The SMILES string of the molecule is CCCNCCc1cnn(-c2ccc(C)nn2)c1. The molecule has 1 N–H and O–H groups in total. The number of hydrogen-bond acceptors (Lipinski definition) is 4.